The van der Waals surface area contributed by atoms with Crippen LogP contribution in [0.15, 0.2) is 12.2 Å². The van der Waals surface area contributed by atoms with Gasteiger partial charge in [0.2, 0.25) is 0 Å². The summed E-state index contributed by atoms with van der Waals surface area (Å²) in [6.07, 6.45) is 31.8. The Morgan fingerprint density at radius 1 is 0.629 bits per heavy atom. The molecule has 62 heavy (non-hydrogen) atoms. The fraction of sp³-hybridized carbons (Fsp3) is 0.887. The number of likely N-dealkylation sites (tertiary alicyclic amines) is 1. The van der Waals surface area contributed by atoms with Crippen molar-refractivity contribution in [3.63, 3.8) is 0 Å². The summed E-state index contributed by atoms with van der Waals surface area (Å²) in [7, 11) is 2.09. The van der Waals surface area contributed by atoms with Crippen molar-refractivity contribution in [3.05, 3.63) is 12.2 Å². The molecule has 0 radical (unpaired) electrons. The van der Waals surface area contributed by atoms with E-state index in [9.17, 15) is 19.2 Å². The molecule has 360 valence electrons. The number of carbonyl (C=O) groups is 4. The van der Waals surface area contributed by atoms with Crippen LogP contribution in [-0.4, -0.2) is 73.8 Å². The predicted octanol–water partition coefficient (Wildman–Crippen LogP) is 13.3. The van der Waals surface area contributed by atoms with Crippen molar-refractivity contribution in [2.75, 3.05) is 33.4 Å². The maximum atomic E-state index is 13.7. The number of ether oxygens (including phenoxy) is 4. The SMILES string of the molecule is CC/C=C\CC1C(CC(=O)OC(C)(C)CC(C)(C)C(COC(=O)CCCCCCCCCCC)COC(=O)CCCCCCCCCCC)CCC1OC(=O)C1CCN(C)CC1. The highest BCUT2D eigenvalue weighted by molar-refractivity contribution is 5.73. The van der Waals surface area contributed by atoms with Crippen molar-refractivity contribution in [1.82, 2.24) is 4.90 Å². The number of carbonyl (C=O) groups excluding carboxylic acids is 4. The molecule has 1 heterocycles. The second-order valence-corrected chi connectivity index (χ2v) is 20.5. The molecule has 9 heteroatoms. The normalized spacial score (nSPS) is 19.0. The molecule has 0 aromatic rings. The molecule has 1 aliphatic carbocycles. The maximum Gasteiger partial charge on any atom is 0.309 e. The maximum absolute atomic E-state index is 13.7. The number of esters is 4. The molecule has 1 saturated heterocycles. The Bertz CT molecular complexity index is 1220. The van der Waals surface area contributed by atoms with Crippen molar-refractivity contribution in [2.24, 2.45) is 29.1 Å². The highest BCUT2D eigenvalue weighted by atomic mass is 16.6. The monoisotopic (exact) mass is 874 g/mol. The minimum absolute atomic E-state index is 0.0542. The Balaban J connectivity index is 1.99. The molecule has 1 saturated carbocycles. The minimum atomic E-state index is -0.823. The molecule has 0 aromatic heterocycles. The van der Waals surface area contributed by atoms with Crippen LogP contribution < -0.4 is 0 Å². The first-order valence-electron chi connectivity index (χ1n) is 25.8. The molecule has 2 aliphatic rings. The second-order valence-electron chi connectivity index (χ2n) is 20.5. The zero-order valence-corrected chi connectivity index (χ0v) is 41.4. The van der Waals surface area contributed by atoms with Gasteiger partial charge in [0, 0.05) is 31.1 Å². The van der Waals surface area contributed by atoms with E-state index in [1.807, 2.05) is 13.8 Å². The molecule has 0 bridgehead atoms. The van der Waals surface area contributed by atoms with E-state index < -0.39 is 11.0 Å². The third kappa shape index (κ3) is 24.6. The minimum Gasteiger partial charge on any atom is -0.465 e. The fourth-order valence-corrected chi connectivity index (χ4v) is 9.80. The topological polar surface area (TPSA) is 108 Å². The zero-order valence-electron chi connectivity index (χ0n) is 41.4. The average Bonchev–Trinajstić information content (AvgIpc) is 3.58. The lowest BCUT2D eigenvalue weighted by atomic mass is 9.72. The van der Waals surface area contributed by atoms with Gasteiger partial charge in [0.05, 0.1) is 19.1 Å². The molecular weight excluding hydrogens is 779 g/mol. The van der Waals surface area contributed by atoms with Gasteiger partial charge in [-0.05, 0) is 103 Å². The van der Waals surface area contributed by atoms with Gasteiger partial charge < -0.3 is 23.8 Å². The zero-order chi connectivity index (χ0) is 45.6. The Kier molecular flexibility index (Phi) is 29.0. The van der Waals surface area contributed by atoms with E-state index in [-0.39, 0.29) is 73.3 Å². The summed E-state index contributed by atoms with van der Waals surface area (Å²) in [6, 6.07) is 0. The first kappa shape index (κ1) is 55.7. The van der Waals surface area contributed by atoms with Crippen LogP contribution in [0.3, 0.4) is 0 Å². The molecular formula is C53H95NO8. The lowest BCUT2D eigenvalue weighted by Gasteiger charge is -2.39. The van der Waals surface area contributed by atoms with Gasteiger partial charge in [-0.25, -0.2) is 0 Å². The van der Waals surface area contributed by atoms with Crippen LogP contribution in [0.4, 0.5) is 0 Å². The average molecular weight is 874 g/mol. The van der Waals surface area contributed by atoms with E-state index in [1.165, 1.54) is 77.0 Å². The molecule has 2 rings (SSSR count). The predicted molar refractivity (Wildman–Crippen MR) is 253 cm³/mol. The van der Waals surface area contributed by atoms with Crippen LogP contribution in [0.1, 0.15) is 228 Å². The van der Waals surface area contributed by atoms with Crippen molar-refractivity contribution in [3.8, 4) is 0 Å². The standard InChI is InChI=1S/C53H95NO8/c1-9-12-15-17-19-21-23-25-28-31-48(55)59-40-45(41-60-49(56)32-29-26-24-22-20-18-16-13-10-2)52(4,5)42-53(6,7)62-50(57)39-44-33-34-47(46(44)30-27-14-11-3)61-51(58)43-35-37-54(8)38-36-43/h14,27,43-47H,9-13,15-26,28-42H2,1-8H3/b27-14-. The molecule has 3 atom stereocenters. The molecule has 1 aliphatic heterocycles. The molecule has 9 nitrogen and oxygen atoms in total. The van der Waals surface area contributed by atoms with E-state index in [0.717, 1.165) is 90.1 Å². The Hall–Kier alpha value is -2.42. The van der Waals surface area contributed by atoms with E-state index in [4.69, 9.17) is 18.9 Å². The largest absolute Gasteiger partial charge is 0.465 e. The Morgan fingerprint density at radius 3 is 1.60 bits per heavy atom. The number of piperidine rings is 1. The quantitative estimate of drug-likeness (QED) is 0.0266. The van der Waals surface area contributed by atoms with Crippen LogP contribution in [0, 0.1) is 29.1 Å². The number of nitrogens with zero attached hydrogens (tertiary/aromatic N) is 1. The molecule has 0 spiro atoms. The second kappa shape index (κ2) is 32.3. The Labute approximate surface area is 380 Å². The van der Waals surface area contributed by atoms with Crippen LogP contribution in [0.5, 0.6) is 0 Å². The van der Waals surface area contributed by atoms with Crippen LogP contribution >= 0.6 is 0 Å². The van der Waals surface area contributed by atoms with Crippen molar-refractivity contribution in [2.45, 2.75) is 240 Å². The van der Waals surface area contributed by atoms with Gasteiger partial charge in [-0.15, -0.1) is 0 Å². The van der Waals surface area contributed by atoms with E-state index in [2.05, 4.69) is 58.7 Å². The summed E-state index contributed by atoms with van der Waals surface area (Å²) >= 11 is 0. The number of hydrogen-bond donors (Lipinski definition) is 0. The Morgan fingerprint density at radius 2 is 1.11 bits per heavy atom. The number of unbranched alkanes of at least 4 members (excludes halogenated alkanes) is 16. The summed E-state index contributed by atoms with van der Waals surface area (Å²) in [6.45, 7) is 16.7. The summed E-state index contributed by atoms with van der Waals surface area (Å²) in [4.78, 5) is 55.2. The van der Waals surface area contributed by atoms with E-state index in [1.54, 1.807) is 0 Å². The highest BCUT2D eigenvalue weighted by Gasteiger charge is 2.42. The fourth-order valence-electron chi connectivity index (χ4n) is 9.80. The molecule has 0 aromatic carbocycles. The summed E-state index contributed by atoms with van der Waals surface area (Å²) in [5.41, 5.74) is -1.32. The molecule has 0 N–H and O–H groups in total. The third-order valence-corrected chi connectivity index (χ3v) is 13.7. The van der Waals surface area contributed by atoms with Gasteiger partial charge in [0.25, 0.3) is 0 Å². The summed E-state index contributed by atoms with van der Waals surface area (Å²) < 4.78 is 24.3. The van der Waals surface area contributed by atoms with E-state index in [0.29, 0.717) is 19.3 Å². The number of rotatable bonds is 35. The van der Waals surface area contributed by atoms with Gasteiger partial charge in [-0.1, -0.05) is 150 Å². The lowest BCUT2D eigenvalue weighted by Crippen LogP contribution is -2.41. The number of allylic oxidation sites excluding steroid dienone is 2. The van der Waals surface area contributed by atoms with Crippen LogP contribution in [0.2, 0.25) is 0 Å². The first-order valence-corrected chi connectivity index (χ1v) is 25.8. The van der Waals surface area contributed by atoms with Crippen molar-refractivity contribution < 1.29 is 38.1 Å². The first-order chi connectivity index (χ1) is 29.7. The summed E-state index contributed by atoms with van der Waals surface area (Å²) in [5.74, 6) is -0.959. The lowest BCUT2D eigenvalue weighted by molar-refractivity contribution is -0.163. The smallest absolute Gasteiger partial charge is 0.309 e. The molecule has 3 unspecified atom stereocenters. The van der Waals surface area contributed by atoms with Crippen LogP contribution in [0.25, 0.3) is 0 Å². The van der Waals surface area contributed by atoms with E-state index >= 15 is 0 Å². The van der Waals surface area contributed by atoms with Gasteiger partial charge in [0.1, 0.15) is 11.7 Å². The van der Waals surface area contributed by atoms with Gasteiger partial charge in [-0.3, -0.25) is 19.2 Å². The van der Waals surface area contributed by atoms with Gasteiger partial charge >= 0.3 is 23.9 Å². The highest BCUT2D eigenvalue weighted by Crippen LogP contribution is 2.42. The van der Waals surface area contributed by atoms with Gasteiger partial charge in [0.15, 0.2) is 0 Å². The molecule has 2 fully saturated rings. The van der Waals surface area contributed by atoms with Crippen molar-refractivity contribution >= 4 is 23.9 Å². The summed E-state index contributed by atoms with van der Waals surface area (Å²) in [5, 5.41) is 0. The van der Waals surface area contributed by atoms with Crippen LogP contribution in [-0.2, 0) is 38.1 Å². The van der Waals surface area contributed by atoms with Crippen molar-refractivity contribution in [1.29, 1.82) is 0 Å². The molecule has 0 amide bonds. The van der Waals surface area contributed by atoms with Gasteiger partial charge in [-0.2, -0.15) is 0 Å². The number of hydrogen-bond acceptors (Lipinski definition) is 9. The third-order valence-electron chi connectivity index (χ3n) is 13.7.